The third-order valence-electron chi connectivity index (χ3n) is 3.04. The maximum absolute atomic E-state index is 11.9. The van der Waals surface area contributed by atoms with Crippen molar-refractivity contribution in [3.8, 4) is 0 Å². The molecule has 19 heavy (non-hydrogen) atoms. The molecule has 0 fully saturated rings. The van der Waals surface area contributed by atoms with Gasteiger partial charge in [-0.05, 0) is 13.8 Å². The van der Waals surface area contributed by atoms with E-state index >= 15 is 0 Å². The summed E-state index contributed by atoms with van der Waals surface area (Å²) in [7, 11) is 1.72. The molecule has 0 aliphatic heterocycles. The minimum absolute atomic E-state index is 0.00594. The molecule has 1 amide bonds. The Bertz CT molecular complexity index is 534. The number of thiazole rings is 1. The number of hydrogen-bond donors (Lipinski definition) is 1. The van der Waals surface area contributed by atoms with E-state index in [9.17, 15) is 9.59 Å². The Morgan fingerprint density at radius 3 is 2.53 bits per heavy atom. The summed E-state index contributed by atoms with van der Waals surface area (Å²) in [4.78, 5) is 26.6. The minimum Gasteiger partial charge on any atom is -0.393 e. The highest BCUT2D eigenvalue weighted by molar-refractivity contribution is 7.80. The molecule has 7 heteroatoms. The molecule has 0 aliphatic carbocycles. The van der Waals surface area contributed by atoms with E-state index in [1.165, 1.54) is 11.3 Å². The van der Waals surface area contributed by atoms with Crippen LogP contribution in [0, 0.1) is 13.8 Å². The number of carbonyl (C=O) groups is 1. The predicted octanol–water partition coefficient (Wildman–Crippen LogP) is 1.05. The second-order valence-electron chi connectivity index (χ2n) is 4.44. The van der Waals surface area contributed by atoms with Crippen LogP contribution in [-0.2, 0) is 11.3 Å². The maximum Gasteiger partial charge on any atom is 0.307 e. The van der Waals surface area contributed by atoms with Gasteiger partial charge in [0.1, 0.15) is 0 Å². The van der Waals surface area contributed by atoms with Gasteiger partial charge in [-0.3, -0.25) is 9.59 Å². The largest absolute Gasteiger partial charge is 0.393 e. The van der Waals surface area contributed by atoms with Crippen LogP contribution in [0.4, 0.5) is 0 Å². The van der Waals surface area contributed by atoms with Gasteiger partial charge in [0.25, 0.3) is 0 Å². The number of nitrogens with zero attached hydrogens (tertiary/aromatic N) is 2. The van der Waals surface area contributed by atoms with Crippen LogP contribution in [0.2, 0.25) is 0 Å². The molecule has 0 atom stereocenters. The Hall–Kier alpha value is -1.21. The average Bonchev–Trinajstić information content (AvgIpc) is 2.58. The monoisotopic (exact) mass is 301 g/mol. The molecule has 0 aromatic carbocycles. The lowest BCUT2D eigenvalue weighted by atomic mass is 10.3. The van der Waals surface area contributed by atoms with Gasteiger partial charge in [0.15, 0.2) is 0 Å². The maximum atomic E-state index is 11.9. The summed E-state index contributed by atoms with van der Waals surface area (Å²) in [5.74, 6) is -0.00796. The molecule has 1 aromatic heterocycles. The van der Waals surface area contributed by atoms with E-state index in [0.717, 1.165) is 10.6 Å². The van der Waals surface area contributed by atoms with Gasteiger partial charge in [0.2, 0.25) is 5.91 Å². The zero-order valence-electron chi connectivity index (χ0n) is 11.4. The van der Waals surface area contributed by atoms with Crippen LogP contribution in [-0.4, -0.2) is 34.0 Å². The van der Waals surface area contributed by atoms with Gasteiger partial charge in [-0.15, -0.1) is 0 Å². The molecule has 0 unspecified atom stereocenters. The molecule has 1 rings (SSSR count). The molecular formula is C12H19N3O2S2. The van der Waals surface area contributed by atoms with E-state index in [1.54, 1.807) is 16.5 Å². The van der Waals surface area contributed by atoms with Crippen molar-refractivity contribution in [1.29, 1.82) is 0 Å². The highest BCUT2D eigenvalue weighted by Crippen LogP contribution is 2.10. The number of nitrogens with two attached hydrogens (primary N) is 1. The van der Waals surface area contributed by atoms with Crippen molar-refractivity contribution in [2.75, 3.05) is 13.6 Å². The Morgan fingerprint density at radius 1 is 1.42 bits per heavy atom. The minimum atomic E-state index is -0.00796. The van der Waals surface area contributed by atoms with Gasteiger partial charge in [-0.2, -0.15) is 0 Å². The van der Waals surface area contributed by atoms with Crippen LogP contribution >= 0.6 is 23.6 Å². The van der Waals surface area contributed by atoms with E-state index < -0.39 is 0 Å². The van der Waals surface area contributed by atoms with E-state index in [4.69, 9.17) is 18.0 Å². The van der Waals surface area contributed by atoms with Gasteiger partial charge in [0, 0.05) is 43.5 Å². The number of carbonyl (C=O) groups excluding carboxylic acids is 1. The molecule has 0 saturated heterocycles. The van der Waals surface area contributed by atoms with Crippen molar-refractivity contribution in [3.05, 3.63) is 20.2 Å². The summed E-state index contributed by atoms with van der Waals surface area (Å²) in [5.41, 5.74) is 6.34. The topological polar surface area (TPSA) is 68.3 Å². The number of rotatable bonds is 6. The molecule has 1 aromatic rings. The van der Waals surface area contributed by atoms with Crippen LogP contribution in [0.1, 0.15) is 23.4 Å². The number of aryl methyl sites for hydroxylation is 1. The molecule has 0 aliphatic rings. The molecule has 0 saturated carbocycles. The van der Waals surface area contributed by atoms with Gasteiger partial charge in [-0.1, -0.05) is 23.6 Å². The Balaban J connectivity index is 2.54. The molecule has 2 N–H and O–H groups in total. The van der Waals surface area contributed by atoms with Crippen molar-refractivity contribution >= 4 is 34.5 Å². The fraction of sp³-hybridized carbons (Fsp3) is 0.583. The molecule has 1 heterocycles. The lowest BCUT2D eigenvalue weighted by Gasteiger charge is -2.17. The fourth-order valence-electron chi connectivity index (χ4n) is 1.65. The first-order chi connectivity index (χ1) is 8.82. The number of aromatic nitrogens is 1. The predicted molar refractivity (Wildman–Crippen MR) is 81.7 cm³/mol. The van der Waals surface area contributed by atoms with E-state index in [2.05, 4.69) is 0 Å². The average molecular weight is 301 g/mol. The third-order valence-corrected chi connectivity index (χ3v) is 4.24. The van der Waals surface area contributed by atoms with Crippen LogP contribution in [0.25, 0.3) is 0 Å². The highest BCUT2D eigenvalue weighted by Gasteiger charge is 2.12. The van der Waals surface area contributed by atoms with Crippen LogP contribution < -0.4 is 10.6 Å². The fourth-order valence-corrected chi connectivity index (χ4v) is 2.60. The van der Waals surface area contributed by atoms with Crippen LogP contribution in [0.15, 0.2) is 4.79 Å². The van der Waals surface area contributed by atoms with Gasteiger partial charge >= 0.3 is 4.87 Å². The van der Waals surface area contributed by atoms with Crippen molar-refractivity contribution in [3.63, 3.8) is 0 Å². The molecule has 0 spiro atoms. The van der Waals surface area contributed by atoms with Crippen LogP contribution in [0.3, 0.4) is 0 Å². The van der Waals surface area contributed by atoms with Crippen molar-refractivity contribution in [2.45, 2.75) is 33.2 Å². The van der Waals surface area contributed by atoms with Crippen molar-refractivity contribution < 1.29 is 4.79 Å². The molecule has 0 bridgehead atoms. The van der Waals surface area contributed by atoms with Gasteiger partial charge in [-0.25, -0.2) is 0 Å². The summed E-state index contributed by atoms with van der Waals surface area (Å²) in [6.45, 7) is 4.75. The molecule has 106 valence electrons. The number of thiocarbonyl (C=S) groups is 1. The third kappa shape index (κ3) is 4.43. The second-order valence-corrected chi connectivity index (χ2v) is 6.13. The van der Waals surface area contributed by atoms with Gasteiger partial charge < -0.3 is 15.2 Å². The van der Waals surface area contributed by atoms with E-state index in [-0.39, 0.29) is 10.8 Å². The second kappa shape index (κ2) is 6.81. The van der Waals surface area contributed by atoms with E-state index in [0.29, 0.717) is 30.9 Å². The first-order valence-corrected chi connectivity index (χ1v) is 7.24. The summed E-state index contributed by atoms with van der Waals surface area (Å²) in [5, 5.41) is 0. The van der Waals surface area contributed by atoms with Crippen molar-refractivity contribution in [2.24, 2.45) is 5.73 Å². The Labute approximate surface area is 122 Å². The Kier molecular flexibility index (Phi) is 5.68. The first kappa shape index (κ1) is 15.8. The van der Waals surface area contributed by atoms with Crippen molar-refractivity contribution in [1.82, 2.24) is 9.47 Å². The van der Waals surface area contributed by atoms with Crippen LogP contribution in [0.5, 0.6) is 0 Å². The molecular weight excluding hydrogens is 282 g/mol. The van der Waals surface area contributed by atoms with E-state index in [1.807, 2.05) is 13.8 Å². The lowest BCUT2D eigenvalue weighted by molar-refractivity contribution is -0.130. The first-order valence-electron chi connectivity index (χ1n) is 6.02. The molecule has 5 nitrogen and oxygen atoms in total. The highest BCUT2D eigenvalue weighted by atomic mass is 32.1. The number of hydrogen-bond acceptors (Lipinski definition) is 4. The summed E-state index contributed by atoms with van der Waals surface area (Å²) in [6, 6.07) is 0. The lowest BCUT2D eigenvalue weighted by Crippen LogP contribution is -2.31. The smallest absolute Gasteiger partial charge is 0.307 e. The normalized spacial score (nSPS) is 10.5. The standard InChI is InChI=1S/C12H19N3O2S2/c1-8-9(2)19-12(17)15(8)7-5-11(16)14(3)6-4-10(13)18/h4-7H2,1-3H3,(H2,13,18). The Morgan fingerprint density at radius 2 is 2.05 bits per heavy atom. The summed E-state index contributed by atoms with van der Waals surface area (Å²) >= 11 is 5.99. The number of amides is 1. The summed E-state index contributed by atoms with van der Waals surface area (Å²) in [6.07, 6.45) is 0.832. The zero-order valence-corrected chi connectivity index (χ0v) is 13.1. The molecule has 0 radical (unpaired) electrons. The zero-order chi connectivity index (χ0) is 14.6. The SMILES string of the molecule is Cc1sc(=O)n(CCC(=O)N(C)CCC(N)=S)c1C. The quantitative estimate of drug-likeness (QED) is 0.798. The van der Waals surface area contributed by atoms with Gasteiger partial charge in [0.05, 0.1) is 4.99 Å². The summed E-state index contributed by atoms with van der Waals surface area (Å²) < 4.78 is 1.65.